The number of hydrogen-bond acceptors (Lipinski definition) is 9. The average Bonchev–Trinajstić information content (AvgIpc) is 2.40. The second kappa shape index (κ2) is 11.4. The molecule has 0 aromatic heterocycles. The highest BCUT2D eigenvalue weighted by molar-refractivity contribution is 5.67. The van der Waals surface area contributed by atoms with Gasteiger partial charge in [0.25, 0.3) is 0 Å². The van der Waals surface area contributed by atoms with Crippen LogP contribution in [0.3, 0.4) is 0 Å². The maximum Gasteiger partial charge on any atom is 0.303 e. The highest BCUT2D eigenvalue weighted by Crippen LogP contribution is 2.01. The van der Waals surface area contributed by atoms with Crippen LogP contribution < -0.4 is 0 Å². The lowest BCUT2D eigenvalue weighted by Gasteiger charge is -2.20. The van der Waals surface area contributed by atoms with E-state index in [0.29, 0.717) is 0 Å². The molecule has 0 saturated heterocycles. The molecule has 0 aliphatic carbocycles. The summed E-state index contributed by atoms with van der Waals surface area (Å²) in [5, 5.41) is 0. The Hall–Kier alpha value is -2.16. The van der Waals surface area contributed by atoms with E-state index in [-0.39, 0.29) is 26.4 Å². The van der Waals surface area contributed by atoms with Gasteiger partial charge in [0.2, 0.25) is 0 Å². The SMILES string of the molecule is CC(=O)OCC(COCC(COC(C)=O)OC(C)=O)OC(C)=O. The van der Waals surface area contributed by atoms with Gasteiger partial charge in [-0.1, -0.05) is 0 Å². The summed E-state index contributed by atoms with van der Waals surface area (Å²) in [7, 11) is 0. The van der Waals surface area contributed by atoms with Crippen molar-refractivity contribution in [2.24, 2.45) is 0 Å². The summed E-state index contributed by atoms with van der Waals surface area (Å²) in [6, 6.07) is 0. The van der Waals surface area contributed by atoms with Gasteiger partial charge >= 0.3 is 23.9 Å². The van der Waals surface area contributed by atoms with Crippen LogP contribution in [0.15, 0.2) is 0 Å². The van der Waals surface area contributed by atoms with Crippen LogP contribution >= 0.6 is 0 Å². The summed E-state index contributed by atoms with van der Waals surface area (Å²) in [6.45, 7) is 4.40. The molecule has 0 aliphatic heterocycles. The number of carbonyl (C=O) groups is 4. The third-order valence-corrected chi connectivity index (χ3v) is 2.22. The van der Waals surface area contributed by atoms with Crippen LogP contribution in [0.1, 0.15) is 27.7 Å². The van der Waals surface area contributed by atoms with Crippen molar-refractivity contribution in [2.45, 2.75) is 39.9 Å². The summed E-state index contributed by atoms with van der Waals surface area (Å²) < 4.78 is 24.7. The summed E-state index contributed by atoms with van der Waals surface area (Å²) in [6.07, 6.45) is -1.58. The maximum atomic E-state index is 11.0. The van der Waals surface area contributed by atoms with Crippen LogP contribution in [-0.2, 0) is 42.9 Å². The molecule has 9 heteroatoms. The number of hydrogen-bond donors (Lipinski definition) is 0. The molecule has 9 nitrogen and oxygen atoms in total. The van der Waals surface area contributed by atoms with Gasteiger partial charge in [0, 0.05) is 27.7 Å². The van der Waals surface area contributed by atoms with Crippen molar-refractivity contribution in [3.63, 3.8) is 0 Å². The number of esters is 4. The van der Waals surface area contributed by atoms with Gasteiger partial charge < -0.3 is 23.7 Å². The van der Waals surface area contributed by atoms with Gasteiger partial charge in [-0.15, -0.1) is 0 Å². The van der Waals surface area contributed by atoms with E-state index in [0.717, 1.165) is 0 Å². The van der Waals surface area contributed by atoms with Gasteiger partial charge in [-0.25, -0.2) is 0 Å². The van der Waals surface area contributed by atoms with E-state index < -0.39 is 36.1 Å². The third kappa shape index (κ3) is 13.2. The number of ether oxygens (including phenoxy) is 5. The molecule has 0 aliphatic rings. The fraction of sp³-hybridized carbons (Fsp3) is 0.714. The molecule has 0 rings (SSSR count). The molecule has 0 aromatic rings. The topological polar surface area (TPSA) is 114 Å². The highest BCUT2D eigenvalue weighted by Gasteiger charge is 2.18. The van der Waals surface area contributed by atoms with Crippen LogP contribution in [0.5, 0.6) is 0 Å². The lowest BCUT2D eigenvalue weighted by Crippen LogP contribution is -2.33. The lowest BCUT2D eigenvalue weighted by atomic mass is 10.3. The van der Waals surface area contributed by atoms with Crippen LogP contribution in [-0.4, -0.2) is 62.5 Å². The Balaban J connectivity index is 4.35. The largest absolute Gasteiger partial charge is 0.462 e. The second-order valence-electron chi connectivity index (χ2n) is 4.61. The molecule has 132 valence electrons. The van der Waals surface area contributed by atoms with E-state index >= 15 is 0 Å². The zero-order valence-electron chi connectivity index (χ0n) is 13.7. The predicted molar refractivity (Wildman–Crippen MR) is 75.2 cm³/mol. The normalized spacial score (nSPS) is 12.7. The molecule has 0 amide bonds. The molecular formula is C14H22O9. The third-order valence-electron chi connectivity index (χ3n) is 2.22. The molecule has 0 saturated carbocycles. The first-order valence-electron chi connectivity index (χ1n) is 6.89. The van der Waals surface area contributed by atoms with E-state index in [4.69, 9.17) is 23.7 Å². The Morgan fingerprint density at radius 3 is 1.22 bits per heavy atom. The van der Waals surface area contributed by atoms with E-state index in [1.165, 1.54) is 27.7 Å². The Labute approximate surface area is 134 Å². The van der Waals surface area contributed by atoms with Crippen LogP contribution in [0.25, 0.3) is 0 Å². The van der Waals surface area contributed by atoms with E-state index in [1.807, 2.05) is 0 Å². The minimum absolute atomic E-state index is 0.0787. The Bertz CT molecular complexity index is 380. The van der Waals surface area contributed by atoms with Crippen LogP contribution in [0, 0.1) is 0 Å². The van der Waals surface area contributed by atoms with Crippen molar-refractivity contribution in [3.05, 3.63) is 0 Å². The first-order valence-corrected chi connectivity index (χ1v) is 6.89. The van der Waals surface area contributed by atoms with Crippen molar-refractivity contribution in [2.75, 3.05) is 26.4 Å². The quantitative estimate of drug-likeness (QED) is 0.402. The summed E-state index contributed by atoms with van der Waals surface area (Å²) in [5.41, 5.74) is 0. The van der Waals surface area contributed by atoms with Gasteiger partial charge in [0.15, 0.2) is 12.2 Å². The minimum Gasteiger partial charge on any atom is -0.462 e. The van der Waals surface area contributed by atoms with Crippen LogP contribution in [0.2, 0.25) is 0 Å². The van der Waals surface area contributed by atoms with E-state index in [9.17, 15) is 19.2 Å². The zero-order chi connectivity index (χ0) is 17.8. The zero-order valence-corrected chi connectivity index (χ0v) is 13.7. The van der Waals surface area contributed by atoms with Gasteiger partial charge in [-0.3, -0.25) is 19.2 Å². The molecule has 0 fully saturated rings. The molecule has 2 unspecified atom stereocenters. The lowest BCUT2D eigenvalue weighted by molar-refractivity contribution is -0.165. The van der Waals surface area contributed by atoms with Crippen molar-refractivity contribution in [1.29, 1.82) is 0 Å². The molecular weight excluding hydrogens is 312 g/mol. The number of carbonyl (C=O) groups excluding carboxylic acids is 4. The average molecular weight is 334 g/mol. The highest BCUT2D eigenvalue weighted by atomic mass is 16.6. The van der Waals surface area contributed by atoms with Crippen LogP contribution in [0.4, 0.5) is 0 Å². The van der Waals surface area contributed by atoms with Gasteiger partial charge in [-0.2, -0.15) is 0 Å². The standard InChI is InChI=1S/C14H22O9/c1-9(15)20-7-13(22-11(3)17)5-19-6-14(23-12(4)18)8-21-10(2)16/h13-14H,5-8H2,1-4H3. The first-order chi connectivity index (χ1) is 10.7. The maximum absolute atomic E-state index is 11.0. The summed E-state index contributed by atoms with van der Waals surface area (Å²) >= 11 is 0. The van der Waals surface area contributed by atoms with Crippen molar-refractivity contribution < 1.29 is 42.9 Å². The summed E-state index contributed by atoms with van der Waals surface area (Å²) in [5.74, 6) is -2.14. The Kier molecular flexibility index (Phi) is 10.3. The molecule has 0 N–H and O–H groups in total. The first kappa shape index (κ1) is 20.8. The molecule has 0 radical (unpaired) electrons. The predicted octanol–water partition coefficient (Wildman–Crippen LogP) is -0.00740. The fourth-order valence-electron chi connectivity index (χ4n) is 1.45. The second-order valence-corrected chi connectivity index (χ2v) is 4.61. The van der Waals surface area contributed by atoms with E-state index in [1.54, 1.807) is 0 Å². The van der Waals surface area contributed by atoms with Gasteiger partial charge in [0.1, 0.15) is 13.2 Å². The van der Waals surface area contributed by atoms with Crippen molar-refractivity contribution in [1.82, 2.24) is 0 Å². The molecule has 2 atom stereocenters. The van der Waals surface area contributed by atoms with Crippen molar-refractivity contribution in [3.8, 4) is 0 Å². The van der Waals surface area contributed by atoms with Crippen molar-refractivity contribution >= 4 is 23.9 Å². The minimum atomic E-state index is -0.789. The van der Waals surface area contributed by atoms with Gasteiger partial charge in [0.05, 0.1) is 13.2 Å². The molecule has 23 heavy (non-hydrogen) atoms. The molecule has 0 bridgehead atoms. The fourth-order valence-corrected chi connectivity index (χ4v) is 1.45. The monoisotopic (exact) mass is 334 g/mol. The number of rotatable bonds is 10. The Morgan fingerprint density at radius 2 is 0.957 bits per heavy atom. The summed E-state index contributed by atoms with van der Waals surface area (Å²) in [4.78, 5) is 43.5. The van der Waals surface area contributed by atoms with E-state index in [2.05, 4.69) is 0 Å². The molecule has 0 aromatic carbocycles. The Morgan fingerprint density at radius 1 is 0.609 bits per heavy atom. The molecule has 0 spiro atoms. The van der Waals surface area contributed by atoms with Gasteiger partial charge in [-0.05, 0) is 0 Å². The smallest absolute Gasteiger partial charge is 0.303 e. The molecule has 0 heterocycles.